The van der Waals surface area contributed by atoms with Crippen molar-refractivity contribution in [1.82, 2.24) is 14.6 Å². The first-order valence-electron chi connectivity index (χ1n) is 6.97. The Hall–Kier alpha value is -2.28. The van der Waals surface area contributed by atoms with Crippen LogP contribution in [-0.4, -0.2) is 35.4 Å². The molecule has 3 rings (SSSR count). The second-order valence-electron chi connectivity index (χ2n) is 4.87. The second-order valence-corrected chi connectivity index (χ2v) is 5.83. The lowest BCUT2D eigenvalue weighted by Crippen LogP contribution is -2.06. The zero-order chi connectivity index (χ0) is 15.5. The fourth-order valence-corrected chi connectivity index (χ4v) is 3.11. The minimum Gasteiger partial charge on any atom is -0.497 e. The first-order valence-corrected chi connectivity index (χ1v) is 7.79. The smallest absolute Gasteiger partial charge is 0.214 e. The summed E-state index contributed by atoms with van der Waals surface area (Å²) in [5.74, 6) is 1.70. The van der Waals surface area contributed by atoms with Gasteiger partial charge in [-0.3, -0.25) is 0 Å². The Bertz CT molecular complexity index is 750. The van der Waals surface area contributed by atoms with Crippen LogP contribution in [0.1, 0.15) is 11.3 Å². The van der Waals surface area contributed by atoms with Crippen LogP contribution in [-0.2, 0) is 6.42 Å². The highest BCUT2D eigenvalue weighted by Gasteiger charge is 2.08. The van der Waals surface area contributed by atoms with Crippen LogP contribution in [0, 0.1) is 6.92 Å². The van der Waals surface area contributed by atoms with Gasteiger partial charge in [0.15, 0.2) is 0 Å². The molecule has 0 radical (unpaired) electrons. The van der Waals surface area contributed by atoms with Crippen molar-refractivity contribution >= 4 is 21.4 Å². The van der Waals surface area contributed by atoms with Crippen LogP contribution >= 0.6 is 11.3 Å². The summed E-state index contributed by atoms with van der Waals surface area (Å²) in [5.41, 5.74) is 2.08. The van der Waals surface area contributed by atoms with E-state index >= 15 is 0 Å². The number of nitrogens with zero attached hydrogens (tertiary/aromatic N) is 3. The molecule has 0 saturated heterocycles. The molecule has 0 aliphatic rings. The fourth-order valence-electron chi connectivity index (χ4n) is 2.26. The van der Waals surface area contributed by atoms with Crippen molar-refractivity contribution in [2.75, 3.05) is 26.1 Å². The first-order chi connectivity index (χ1) is 10.7. The second kappa shape index (κ2) is 6.23. The summed E-state index contributed by atoms with van der Waals surface area (Å²) < 4.78 is 12.4. The third-order valence-electron chi connectivity index (χ3n) is 3.32. The van der Waals surface area contributed by atoms with Gasteiger partial charge in [-0.2, -0.15) is 0 Å². The summed E-state index contributed by atoms with van der Waals surface area (Å²) in [6.07, 6.45) is 2.74. The molecule has 3 aromatic rings. The number of benzene rings is 1. The van der Waals surface area contributed by atoms with E-state index in [0.717, 1.165) is 45.8 Å². The molecular formula is C15H18N4O2S. The van der Waals surface area contributed by atoms with Crippen molar-refractivity contribution in [1.29, 1.82) is 0 Å². The maximum atomic E-state index is 5.39. The average molecular weight is 318 g/mol. The Morgan fingerprint density at radius 2 is 2.14 bits per heavy atom. The summed E-state index contributed by atoms with van der Waals surface area (Å²) in [7, 11) is 3.34. The van der Waals surface area contributed by atoms with Crippen molar-refractivity contribution in [3.05, 3.63) is 35.7 Å². The molecule has 0 bridgehead atoms. The Kier molecular flexibility index (Phi) is 4.15. The number of hydrogen-bond acceptors (Lipinski definition) is 6. The maximum absolute atomic E-state index is 5.39. The number of aromatic nitrogens is 3. The molecule has 0 saturated carbocycles. The zero-order valence-corrected chi connectivity index (χ0v) is 13.6. The van der Waals surface area contributed by atoms with Gasteiger partial charge in [0, 0.05) is 6.54 Å². The number of aryl methyl sites for hydroxylation is 1. The highest BCUT2D eigenvalue weighted by atomic mass is 32.1. The van der Waals surface area contributed by atoms with E-state index in [-0.39, 0.29) is 0 Å². The Labute approximate surface area is 132 Å². The summed E-state index contributed by atoms with van der Waals surface area (Å²) >= 11 is 1.54. The fraction of sp³-hybridized carbons (Fsp3) is 0.333. The molecule has 0 atom stereocenters. The Morgan fingerprint density at radius 3 is 2.86 bits per heavy atom. The maximum Gasteiger partial charge on any atom is 0.214 e. The minimum atomic E-state index is 0.763. The summed E-state index contributed by atoms with van der Waals surface area (Å²) in [4.78, 5) is 5.29. The van der Waals surface area contributed by atoms with E-state index in [2.05, 4.69) is 15.4 Å². The minimum absolute atomic E-state index is 0.763. The molecule has 2 heterocycles. The predicted molar refractivity (Wildman–Crippen MR) is 87.3 cm³/mol. The number of imidazole rings is 1. The lowest BCUT2D eigenvalue weighted by molar-refractivity contribution is 0.399. The number of anilines is 1. The van der Waals surface area contributed by atoms with Crippen LogP contribution in [0.15, 0.2) is 24.4 Å². The van der Waals surface area contributed by atoms with E-state index in [1.165, 1.54) is 0 Å². The molecule has 0 fully saturated rings. The molecule has 7 heteroatoms. The van der Waals surface area contributed by atoms with E-state index < -0.39 is 0 Å². The Balaban J connectivity index is 1.65. The third kappa shape index (κ3) is 2.99. The zero-order valence-electron chi connectivity index (χ0n) is 12.8. The van der Waals surface area contributed by atoms with Crippen LogP contribution in [0.4, 0.5) is 5.13 Å². The quantitative estimate of drug-likeness (QED) is 0.757. The van der Waals surface area contributed by atoms with Crippen molar-refractivity contribution in [3.63, 3.8) is 0 Å². The molecule has 6 nitrogen and oxygen atoms in total. The lowest BCUT2D eigenvalue weighted by Gasteiger charge is -2.10. The normalized spacial score (nSPS) is 10.9. The van der Waals surface area contributed by atoms with E-state index in [1.807, 2.05) is 31.3 Å². The van der Waals surface area contributed by atoms with E-state index in [0.29, 0.717) is 0 Å². The highest BCUT2D eigenvalue weighted by molar-refractivity contribution is 7.20. The molecule has 0 amide bonds. The molecule has 0 aliphatic heterocycles. The van der Waals surface area contributed by atoms with Crippen LogP contribution in [0.3, 0.4) is 0 Å². The number of methoxy groups -OCH3 is 2. The number of nitrogens with one attached hydrogen (secondary N) is 1. The van der Waals surface area contributed by atoms with Crippen LogP contribution in [0.2, 0.25) is 0 Å². The molecule has 0 spiro atoms. The monoisotopic (exact) mass is 318 g/mol. The largest absolute Gasteiger partial charge is 0.497 e. The van der Waals surface area contributed by atoms with Crippen LogP contribution in [0.25, 0.3) is 4.96 Å². The van der Waals surface area contributed by atoms with E-state index in [1.54, 1.807) is 30.1 Å². The molecule has 2 aromatic heterocycles. The van der Waals surface area contributed by atoms with Gasteiger partial charge < -0.3 is 14.8 Å². The van der Waals surface area contributed by atoms with Crippen molar-refractivity contribution in [2.45, 2.75) is 13.3 Å². The van der Waals surface area contributed by atoms with Crippen LogP contribution < -0.4 is 14.8 Å². The molecule has 0 aliphatic carbocycles. The van der Waals surface area contributed by atoms with Crippen molar-refractivity contribution in [2.24, 2.45) is 0 Å². The number of ether oxygens (including phenoxy) is 2. The Morgan fingerprint density at radius 1 is 1.27 bits per heavy atom. The van der Waals surface area contributed by atoms with Gasteiger partial charge in [-0.1, -0.05) is 11.3 Å². The average Bonchev–Trinajstić information content (AvgIpc) is 3.03. The molecule has 0 unspecified atom stereocenters. The standard InChI is InChI=1S/C15H18N4O2S/c1-10-9-19-15(17-10)22-14(18-19)16-7-6-11-8-12(20-2)4-5-13(11)21-3/h4-5,8-9H,6-7H2,1-3H3,(H,16,18). The van der Waals surface area contributed by atoms with Gasteiger partial charge in [-0.25, -0.2) is 9.50 Å². The van der Waals surface area contributed by atoms with Crippen molar-refractivity contribution in [3.8, 4) is 11.5 Å². The van der Waals surface area contributed by atoms with E-state index in [9.17, 15) is 0 Å². The molecule has 116 valence electrons. The van der Waals surface area contributed by atoms with E-state index in [4.69, 9.17) is 9.47 Å². The van der Waals surface area contributed by atoms with Gasteiger partial charge in [0.2, 0.25) is 10.1 Å². The summed E-state index contributed by atoms with van der Waals surface area (Å²) in [6, 6.07) is 5.82. The number of rotatable bonds is 6. The predicted octanol–water partition coefficient (Wildman–Crippen LogP) is 2.77. The van der Waals surface area contributed by atoms with Crippen molar-refractivity contribution < 1.29 is 9.47 Å². The summed E-state index contributed by atoms with van der Waals surface area (Å²) in [6.45, 7) is 2.72. The third-order valence-corrected chi connectivity index (χ3v) is 4.20. The van der Waals surface area contributed by atoms with Gasteiger partial charge in [0.25, 0.3) is 0 Å². The summed E-state index contributed by atoms with van der Waals surface area (Å²) in [5, 5.41) is 8.64. The van der Waals surface area contributed by atoms with Gasteiger partial charge >= 0.3 is 0 Å². The lowest BCUT2D eigenvalue weighted by atomic mass is 10.1. The SMILES string of the molecule is COc1ccc(OC)c(CCNc2nn3cc(C)nc3s2)c1. The molecule has 1 N–H and O–H groups in total. The van der Waals surface area contributed by atoms with Gasteiger partial charge in [-0.05, 0) is 37.1 Å². The van der Waals surface area contributed by atoms with Gasteiger partial charge in [-0.15, -0.1) is 5.10 Å². The highest BCUT2D eigenvalue weighted by Crippen LogP contribution is 2.25. The molecule has 1 aromatic carbocycles. The van der Waals surface area contributed by atoms with Gasteiger partial charge in [0.1, 0.15) is 11.5 Å². The first kappa shape index (κ1) is 14.6. The molecular weight excluding hydrogens is 300 g/mol. The molecule has 22 heavy (non-hydrogen) atoms. The van der Waals surface area contributed by atoms with Crippen LogP contribution in [0.5, 0.6) is 11.5 Å². The topological polar surface area (TPSA) is 60.7 Å². The number of hydrogen-bond donors (Lipinski definition) is 1. The number of fused-ring (bicyclic) bond motifs is 1. The van der Waals surface area contributed by atoms with Gasteiger partial charge in [0.05, 0.1) is 26.1 Å².